The first-order valence-corrected chi connectivity index (χ1v) is 8.41. The maximum atomic E-state index is 11.9. The molecule has 0 aliphatic heterocycles. The molecule has 1 heterocycles. The van der Waals surface area contributed by atoms with Gasteiger partial charge in [-0.25, -0.2) is 9.78 Å². The summed E-state index contributed by atoms with van der Waals surface area (Å²) in [6.07, 6.45) is 0. The number of carboxylic acid groups (broad SMARTS) is 1. The first kappa shape index (κ1) is 16.8. The molecule has 0 radical (unpaired) electrons. The number of benzene rings is 3. The Bertz CT molecular complexity index is 1170. The van der Waals surface area contributed by atoms with Crippen molar-refractivity contribution in [3.05, 3.63) is 66.2 Å². The average molecular weight is 359 g/mol. The van der Waals surface area contributed by atoms with Crippen molar-refractivity contribution in [2.24, 2.45) is 0 Å². The summed E-state index contributed by atoms with van der Waals surface area (Å²) in [4.78, 5) is 16.7. The lowest BCUT2D eigenvalue weighted by molar-refractivity contribution is 0.0699. The van der Waals surface area contributed by atoms with Crippen molar-refractivity contribution in [1.29, 1.82) is 0 Å². The van der Waals surface area contributed by atoms with Crippen LogP contribution in [0.5, 0.6) is 11.5 Å². The van der Waals surface area contributed by atoms with E-state index in [0.717, 1.165) is 16.3 Å². The van der Waals surface area contributed by atoms with Gasteiger partial charge in [-0.15, -0.1) is 0 Å². The summed E-state index contributed by atoms with van der Waals surface area (Å²) in [5.41, 5.74) is 2.31. The van der Waals surface area contributed by atoms with Crippen LogP contribution >= 0.6 is 0 Å². The van der Waals surface area contributed by atoms with Gasteiger partial charge in [0.2, 0.25) is 0 Å². The number of fused-ring (bicyclic) bond motifs is 3. The summed E-state index contributed by atoms with van der Waals surface area (Å²) in [6.45, 7) is 0. The van der Waals surface area contributed by atoms with Crippen molar-refractivity contribution in [3.63, 3.8) is 0 Å². The zero-order valence-electron chi connectivity index (χ0n) is 14.9. The Kier molecular flexibility index (Phi) is 4.12. The van der Waals surface area contributed by atoms with Gasteiger partial charge < -0.3 is 14.6 Å². The fraction of sp³-hybridized carbons (Fsp3) is 0.0909. The molecule has 27 heavy (non-hydrogen) atoms. The summed E-state index contributed by atoms with van der Waals surface area (Å²) in [5, 5.41) is 12.0. The van der Waals surface area contributed by atoms with Crippen LogP contribution in [0.25, 0.3) is 32.9 Å². The van der Waals surface area contributed by atoms with Crippen LogP contribution in [0.15, 0.2) is 60.7 Å². The standard InChI is InChI=1S/C22H17NO4/c1-26-19-11-10-14-16(21(19)27-2)9-8-15-17(22(24)25)12-18(23-20(14)15)13-6-4-3-5-7-13/h3-12H,1-2H3,(H,24,25). The zero-order valence-corrected chi connectivity index (χ0v) is 14.9. The molecule has 0 saturated carbocycles. The number of hydrogen-bond donors (Lipinski definition) is 1. The van der Waals surface area contributed by atoms with Gasteiger partial charge in [0.1, 0.15) is 0 Å². The van der Waals surface area contributed by atoms with Crippen LogP contribution < -0.4 is 9.47 Å². The van der Waals surface area contributed by atoms with Crippen LogP contribution in [0.1, 0.15) is 10.4 Å². The first-order valence-electron chi connectivity index (χ1n) is 8.41. The monoisotopic (exact) mass is 359 g/mol. The van der Waals surface area contributed by atoms with Crippen LogP contribution in [-0.2, 0) is 0 Å². The Labute approximate surface area is 155 Å². The number of carboxylic acids is 1. The molecule has 3 aromatic carbocycles. The minimum Gasteiger partial charge on any atom is -0.493 e. The highest BCUT2D eigenvalue weighted by atomic mass is 16.5. The molecular weight excluding hydrogens is 342 g/mol. The van der Waals surface area contributed by atoms with Crippen molar-refractivity contribution in [2.75, 3.05) is 14.2 Å². The highest BCUT2D eigenvalue weighted by Crippen LogP contribution is 2.39. The lowest BCUT2D eigenvalue weighted by Crippen LogP contribution is -2.01. The molecule has 1 N–H and O–H groups in total. The summed E-state index contributed by atoms with van der Waals surface area (Å²) < 4.78 is 10.9. The van der Waals surface area contributed by atoms with E-state index in [9.17, 15) is 9.90 Å². The lowest BCUT2D eigenvalue weighted by atomic mass is 9.99. The molecule has 5 heteroatoms. The lowest BCUT2D eigenvalue weighted by Gasteiger charge is -2.13. The first-order chi connectivity index (χ1) is 13.1. The molecule has 0 bridgehead atoms. The van der Waals surface area contributed by atoms with Gasteiger partial charge in [0.25, 0.3) is 0 Å². The molecule has 0 spiro atoms. The Morgan fingerprint density at radius 2 is 1.59 bits per heavy atom. The van der Waals surface area contributed by atoms with Crippen molar-refractivity contribution >= 4 is 27.6 Å². The predicted octanol–water partition coefficient (Wildman–Crippen LogP) is 4.77. The Morgan fingerprint density at radius 3 is 2.26 bits per heavy atom. The number of pyridine rings is 1. The van der Waals surface area contributed by atoms with E-state index >= 15 is 0 Å². The summed E-state index contributed by atoms with van der Waals surface area (Å²) >= 11 is 0. The molecule has 0 unspecified atom stereocenters. The van der Waals surface area contributed by atoms with Crippen LogP contribution in [0, 0.1) is 0 Å². The SMILES string of the molecule is COc1ccc2c(ccc3c(C(=O)O)cc(-c4ccccc4)nc32)c1OC. The van der Waals surface area contributed by atoms with Gasteiger partial charge in [-0.1, -0.05) is 36.4 Å². The normalized spacial score (nSPS) is 10.9. The molecule has 0 aliphatic rings. The van der Waals surface area contributed by atoms with Gasteiger partial charge in [-0.2, -0.15) is 0 Å². The maximum Gasteiger partial charge on any atom is 0.336 e. The van der Waals surface area contributed by atoms with Crippen molar-refractivity contribution in [3.8, 4) is 22.8 Å². The van der Waals surface area contributed by atoms with Gasteiger partial charge >= 0.3 is 5.97 Å². The molecule has 4 aromatic rings. The summed E-state index contributed by atoms with van der Waals surface area (Å²) in [5.74, 6) is 0.224. The van der Waals surface area contributed by atoms with Crippen molar-refractivity contribution in [2.45, 2.75) is 0 Å². The van der Waals surface area contributed by atoms with E-state index in [1.807, 2.05) is 42.5 Å². The quantitative estimate of drug-likeness (QED) is 0.532. The Hall–Kier alpha value is -3.60. The highest BCUT2D eigenvalue weighted by molar-refractivity contribution is 6.14. The van der Waals surface area contributed by atoms with E-state index < -0.39 is 5.97 Å². The van der Waals surface area contributed by atoms with Crippen molar-refractivity contribution < 1.29 is 19.4 Å². The number of rotatable bonds is 4. The van der Waals surface area contributed by atoms with E-state index in [1.54, 1.807) is 32.4 Å². The van der Waals surface area contributed by atoms with E-state index in [1.165, 1.54) is 0 Å². The number of methoxy groups -OCH3 is 2. The van der Waals surface area contributed by atoms with E-state index in [0.29, 0.717) is 28.1 Å². The molecule has 134 valence electrons. The zero-order chi connectivity index (χ0) is 19.0. The van der Waals surface area contributed by atoms with Gasteiger partial charge in [-0.3, -0.25) is 0 Å². The van der Waals surface area contributed by atoms with Gasteiger partial charge in [0, 0.05) is 21.7 Å². The van der Waals surface area contributed by atoms with Gasteiger partial charge in [0.15, 0.2) is 11.5 Å². The molecule has 0 fully saturated rings. The fourth-order valence-corrected chi connectivity index (χ4v) is 3.35. The average Bonchev–Trinajstić information content (AvgIpc) is 2.72. The largest absolute Gasteiger partial charge is 0.493 e. The summed E-state index contributed by atoms with van der Waals surface area (Å²) in [7, 11) is 3.16. The fourth-order valence-electron chi connectivity index (χ4n) is 3.35. The highest BCUT2D eigenvalue weighted by Gasteiger charge is 2.17. The van der Waals surface area contributed by atoms with E-state index in [2.05, 4.69) is 0 Å². The molecule has 4 rings (SSSR count). The number of aromatic nitrogens is 1. The minimum atomic E-state index is -0.987. The molecule has 0 amide bonds. The third-order valence-electron chi connectivity index (χ3n) is 4.61. The van der Waals surface area contributed by atoms with Crippen LogP contribution in [0.2, 0.25) is 0 Å². The van der Waals surface area contributed by atoms with E-state index in [4.69, 9.17) is 14.5 Å². The second-order valence-electron chi connectivity index (χ2n) is 6.08. The Balaban J connectivity index is 2.13. The van der Waals surface area contributed by atoms with Gasteiger partial charge in [0.05, 0.1) is 31.0 Å². The Morgan fingerprint density at radius 1 is 0.889 bits per heavy atom. The summed E-state index contributed by atoms with van der Waals surface area (Å²) in [6, 6.07) is 18.5. The molecule has 0 aliphatic carbocycles. The number of aromatic carboxylic acids is 1. The molecular formula is C22H17NO4. The number of hydrogen-bond acceptors (Lipinski definition) is 4. The molecule has 5 nitrogen and oxygen atoms in total. The van der Waals surface area contributed by atoms with Crippen LogP contribution in [0.3, 0.4) is 0 Å². The molecule has 1 aromatic heterocycles. The topological polar surface area (TPSA) is 68.7 Å². The van der Waals surface area contributed by atoms with Crippen LogP contribution in [-0.4, -0.2) is 30.3 Å². The van der Waals surface area contributed by atoms with Crippen molar-refractivity contribution in [1.82, 2.24) is 4.98 Å². The number of carbonyl (C=O) groups is 1. The number of ether oxygens (including phenoxy) is 2. The molecule has 0 atom stereocenters. The second-order valence-corrected chi connectivity index (χ2v) is 6.08. The third-order valence-corrected chi connectivity index (χ3v) is 4.61. The van der Waals surface area contributed by atoms with Gasteiger partial charge in [-0.05, 0) is 24.3 Å². The maximum absolute atomic E-state index is 11.9. The van der Waals surface area contributed by atoms with Crippen LogP contribution in [0.4, 0.5) is 0 Å². The third kappa shape index (κ3) is 2.73. The van der Waals surface area contributed by atoms with E-state index in [-0.39, 0.29) is 5.56 Å². The number of nitrogens with zero attached hydrogens (tertiary/aromatic N) is 1. The minimum absolute atomic E-state index is 0.218. The predicted molar refractivity (Wildman–Crippen MR) is 105 cm³/mol. The second kappa shape index (κ2) is 6.61. The molecule has 0 saturated heterocycles. The smallest absolute Gasteiger partial charge is 0.336 e.